The maximum absolute atomic E-state index is 13.2. The first-order valence-electron chi connectivity index (χ1n) is 9.89. The van der Waals surface area contributed by atoms with Crippen LogP contribution in [0.15, 0.2) is 42.5 Å². The zero-order valence-electron chi connectivity index (χ0n) is 17.6. The van der Waals surface area contributed by atoms with E-state index in [9.17, 15) is 24.5 Å². The van der Waals surface area contributed by atoms with Crippen LogP contribution in [-0.4, -0.2) is 54.5 Å². The number of amides is 1. The molecule has 0 bridgehead atoms. The van der Waals surface area contributed by atoms with Gasteiger partial charge in [0.05, 0.1) is 30.8 Å². The summed E-state index contributed by atoms with van der Waals surface area (Å²) in [6.07, 6.45) is 1.77. The molecule has 1 heterocycles. The standard InChI is InChI=1S/C22H22N2O8/c1-30-18-12-15(20(25)23-11-7-6-10-16(23)22(27)31-2)17(24(28)29)13-19(18)32-21(26)14-8-4-3-5-9-14/h3-5,8-9,12-13,16H,6-7,10-11H2,1-2H3/t16-/m1/s1. The predicted molar refractivity (Wildman–Crippen MR) is 112 cm³/mol. The van der Waals surface area contributed by atoms with Crippen LogP contribution in [0.25, 0.3) is 0 Å². The number of rotatable bonds is 6. The fraction of sp³-hybridized carbons (Fsp3) is 0.318. The number of carbonyl (C=O) groups is 3. The quantitative estimate of drug-likeness (QED) is 0.289. The van der Waals surface area contributed by atoms with E-state index >= 15 is 0 Å². The van der Waals surface area contributed by atoms with Crippen molar-refractivity contribution >= 4 is 23.5 Å². The highest BCUT2D eigenvalue weighted by Crippen LogP contribution is 2.36. The minimum absolute atomic E-state index is 0.0325. The molecule has 1 fully saturated rings. The third-order valence-corrected chi connectivity index (χ3v) is 5.16. The van der Waals surface area contributed by atoms with Crippen LogP contribution in [0.4, 0.5) is 5.69 Å². The molecule has 1 atom stereocenters. The van der Waals surface area contributed by atoms with Gasteiger partial charge in [0.15, 0.2) is 11.5 Å². The number of nitro benzene ring substituents is 1. The normalized spacial score (nSPS) is 15.6. The second-order valence-corrected chi connectivity index (χ2v) is 7.07. The molecular formula is C22H22N2O8. The Labute approximate surface area is 183 Å². The molecule has 10 heteroatoms. The van der Waals surface area contributed by atoms with E-state index in [1.807, 2.05) is 0 Å². The van der Waals surface area contributed by atoms with Gasteiger partial charge in [-0.25, -0.2) is 9.59 Å². The number of nitro groups is 1. The van der Waals surface area contributed by atoms with Gasteiger partial charge in [-0.3, -0.25) is 14.9 Å². The number of hydrogen-bond acceptors (Lipinski definition) is 8. The smallest absolute Gasteiger partial charge is 0.343 e. The average Bonchev–Trinajstić information content (AvgIpc) is 2.83. The highest BCUT2D eigenvalue weighted by atomic mass is 16.6. The number of esters is 2. The summed E-state index contributed by atoms with van der Waals surface area (Å²) in [5, 5.41) is 11.8. The van der Waals surface area contributed by atoms with Crippen LogP contribution < -0.4 is 9.47 Å². The predicted octanol–water partition coefficient (Wildman–Crippen LogP) is 2.99. The van der Waals surface area contributed by atoms with E-state index in [1.165, 1.54) is 31.3 Å². The van der Waals surface area contributed by atoms with Gasteiger partial charge in [0.2, 0.25) is 0 Å². The number of nitrogens with zero attached hydrogens (tertiary/aromatic N) is 2. The Morgan fingerprint density at radius 3 is 2.41 bits per heavy atom. The van der Waals surface area contributed by atoms with E-state index < -0.39 is 34.5 Å². The lowest BCUT2D eigenvalue weighted by Gasteiger charge is -2.33. The first-order valence-corrected chi connectivity index (χ1v) is 9.89. The zero-order valence-corrected chi connectivity index (χ0v) is 17.6. The SMILES string of the molecule is COC(=O)[C@H]1CCCCN1C(=O)c1cc(OC)c(OC(=O)c2ccccc2)cc1[N+](=O)[O-]. The van der Waals surface area contributed by atoms with E-state index in [0.717, 1.165) is 18.6 Å². The van der Waals surface area contributed by atoms with Crippen molar-refractivity contribution in [3.63, 3.8) is 0 Å². The van der Waals surface area contributed by atoms with E-state index in [2.05, 4.69) is 0 Å². The average molecular weight is 442 g/mol. The fourth-order valence-electron chi connectivity index (χ4n) is 3.55. The van der Waals surface area contributed by atoms with Gasteiger partial charge in [-0.2, -0.15) is 0 Å². The Kier molecular flexibility index (Phi) is 7.04. The van der Waals surface area contributed by atoms with Gasteiger partial charge >= 0.3 is 11.9 Å². The van der Waals surface area contributed by atoms with Gasteiger partial charge in [-0.15, -0.1) is 0 Å². The molecule has 0 aromatic heterocycles. The second-order valence-electron chi connectivity index (χ2n) is 7.07. The molecule has 10 nitrogen and oxygen atoms in total. The molecule has 0 unspecified atom stereocenters. The molecule has 1 aliphatic heterocycles. The zero-order chi connectivity index (χ0) is 23.3. The largest absolute Gasteiger partial charge is 0.493 e. The van der Waals surface area contributed by atoms with Crippen LogP contribution in [0.2, 0.25) is 0 Å². The molecule has 0 radical (unpaired) electrons. The molecule has 0 spiro atoms. The molecular weight excluding hydrogens is 420 g/mol. The molecule has 1 saturated heterocycles. The fourth-order valence-corrected chi connectivity index (χ4v) is 3.55. The molecule has 2 aromatic carbocycles. The summed E-state index contributed by atoms with van der Waals surface area (Å²) < 4.78 is 15.3. The Bertz CT molecular complexity index is 1040. The van der Waals surface area contributed by atoms with Crippen LogP contribution >= 0.6 is 0 Å². The highest BCUT2D eigenvalue weighted by Gasteiger charge is 2.37. The van der Waals surface area contributed by atoms with E-state index in [0.29, 0.717) is 12.8 Å². The summed E-state index contributed by atoms with van der Waals surface area (Å²) in [6.45, 7) is 0.253. The molecule has 1 aliphatic rings. The maximum Gasteiger partial charge on any atom is 0.343 e. The van der Waals surface area contributed by atoms with Crippen LogP contribution in [0.1, 0.15) is 40.0 Å². The van der Waals surface area contributed by atoms with E-state index in [4.69, 9.17) is 14.2 Å². The number of likely N-dealkylation sites (tertiary alicyclic amines) is 1. The van der Waals surface area contributed by atoms with E-state index in [1.54, 1.807) is 18.2 Å². The highest BCUT2D eigenvalue weighted by molar-refractivity contribution is 6.01. The number of ether oxygens (including phenoxy) is 3. The van der Waals surface area contributed by atoms with Crippen LogP contribution in [0.3, 0.4) is 0 Å². The minimum Gasteiger partial charge on any atom is -0.493 e. The van der Waals surface area contributed by atoms with Crippen LogP contribution in [0, 0.1) is 10.1 Å². The van der Waals surface area contributed by atoms with Crippen molar-refractivity contribution in [3.8, 4) is 11.5 Å². The molecule has 2 aromatic rings. The number of methoxy groups -OCH3 is 2. The summed E-state index contributed by atoms with van der Waals surface area (Å²) in [4.78, 5) is 50.0. The van der Waals surface area contributed by atoms with Gasteiger partial charge in [-0.1, -0.05) is 18.2 Å². The number of carbonyl (C=O) groups excluding carboxylic acids is 3. The Balaban J connectivity index is 1.99. The molecule has 0 N–H and O–H groups in total. The van der Waals surface area contributed by atoms with E-state index in [-0.39, 0.29) is 29.2 Å². The lowest BCUT2D eigenvalue weighted by atomic mass is 10.00. The lowest BCUT2D eigenvalue weighted by molar-refractivity contribution is -0.385. The molecule has 0 aliphatic carbocycles. The third-order valence-electron chi connectivity index (χ3n) is 5.16. The Hall–Kier alpha value is -3.95. The first kappa shape index (κ1) is 22.7. The summed E-state index contributed by atoms with van der Waals surface area (Å²) in [6, 6.07) is 9.38. The third kappa shape index (κ3) is 4.69. The van der Waals surface area contributed by atoms with Gasteiger partial charge in [-0.05, 0) is 31.4 Å². The Morgan fingerprint density at radius 1 is 1.06 bits per heavy atom. The van der Waals surface area contributed by atoms with Crippen molar-refractivity contribution in [1.29, 1.82) is 0 Å². The summed E-state index contributed by atoms with van der Waals surface area (Å²) in [5.41, 5.74) is -0.602. The number of hydrogen-bond donors (Lipinski definition) is 0. The minimum atomic E-state index is -0.831. The topological polar surface area (TPSA) is 125 Å². The van der Waals surface area contributed by atoms with Crippen molar-refractivity contribution < 1.29 is 33.5 Å². The van der Waals surface area contributed by atoms with Gasteiger partial charge in [0.1, 0.15) is 11.6 Å². The van der Waals surface area contributed by atoms with Crippen molar-refractivity contribution in [1.82, 2.24) is 4.90 Å². The summed E-state index contributed by atoms with van der Waals surface area (Å²) in [7, 11) is 2.51. The molecule has 0 saturated carbocycles. The van der Waals surface area contributed by atoms with Crippen molar-refractivity contribution in [2.45, 2.75) is 25.3 Å². The van der Waals surface area contributed by atoms with Crippen LogP contribution in [0.5, 0.6) is 11.5 Å². The molecule has 168 valence electrons. The van der Waals surface area contributed by atoms with Gasteiger partial charge in [0.25, 0.3) is 11.6 Å². The monoisotopic (exact) mass is 442 g/mol. The maximum atomic E-state index is 13.2. The molecule has 3 rings (SSSR count). The number of benzene rings is 2. The van der Waals surface area contributed by atoms with Crippen LogP contribution in [-0.2, 0) is 9.53 Å². The summed E-state index contributed by atoms with van der Waals surface area (Å²) >= 11 is 0. The lowest BCUT2D eigenvalue weighted by Crippen LogP contribution is -2.48. The van der Waals surface area contributed by atoms with Crippen molar-refractivity contribution in [3.05, 3.63) is 63.7 Å². The Morgan fingerprint density at radius 2 is 1.78 bits per heavy atom. The number of piperidine rings is 1. The second kappa shape index (κ2) is 9.90. The molecule has 1 amide bonds. The van der Waals surface area contributed by atoms with Crippen molar-refractivity contribution in [2.24, 2.45) is 0 Å². The van der Waals surface area contributed by atoms with Gasteiger partial charge < -0.3 is 19.1 Å². The van der Waals surface area contributed by atoms with Crippen molar-refractivity contribution in [2.75, 3.05) is 20.8 Å². The molecule has 32 heavy (non-hydrogen) atoms. The first-order chi connectivity index (χ1) is 15.4. The summed E-state index contributed by atoms with van der Waals surface area (Å²) in [5.74, 6) is -2.26. The van der Waals surface area contributed by atoms with Gasteiger partial charge in [0, 0.05) is 12.6 Å².